The van der Waals surface area contributed by atoms with E-state index in [1.165, 1.54) is 24.3 Å². The quantitative estimate of drug-likeness (QED) is 0.694. The molecule has 2 N–H and O–H groups in total. The number of alkyl halides is 3. The van der Waals surface area contributed by atoms with E-state index in [1.54, 1.807) is 20.8 Å². The predicted molar refractivity (Wildman–Crippen MR) is 102 cm³/mol. The number of benzene rings is 2. The van der Waals surface area contributed by atoms with E-state index in [2.05, 4.69) is 10.0 Å². The summed E-state index contributed by atoms with van der Waals surface area (Å²) < 4.78 is 72.3. The standard InChI is InChI=1S/C19H21F3N2O4S/c1-4-28-16-10-9-13(11-17(16)29(26,27)24-12(2)3)18(25)23-15-8-6-5-7-14(15)19(20,21)22/h5-12,24H,4H2,1-3H3,(H,23,25). The van der Waals surface area contributed by atoms with Crippen LogP contribution in [0.25, 0.3) is 0 Å². The smallest absolute Gasteiger partial charge is 0.418 e. The van der Waals surface area contributed by atoms with Gasteiger partial charge in [-0.25, -0.2) is 13.1 Å². The largest absolute Gasteiger partial charge is 0.492 e. The minimum atomic E-state index is -4.65. The number of para-hydroxylation sites is 1. The number of carbonyl (C=O) groups is 1. The van der Waals surface area contributed by atoms with Gasteiger partial charge in [0, 0.05) is 11.6 Å². The highest BCUT2D eigenvalue weighted by atomic mass is 32.2. The number of halogens is 3. The molecule has 0 aliphatic heterocycles. The van der Waals surface area contributed by atoms with Crippen LogP contribution in [0.15, 0.2) is 47.4 Å². The van der Waals surface area contributed by atoms with Gasteiger partial charge in [0.1, 0.15) is 10.6 Å². The lowest BCUT2D eigenvalue weighted by Crippen LogP contribution is -2.30. The highest BCUT2D eigenvalue weighted by Gasteiger charge is 2.33. The van der Waals surface area contributed by atoms with E-state index in [4.69, 9.17) is 4.74 Å². The Bertz CT molecular complexity index is 989. The molecule has 6 nitrogen and oxygen atoms in total. The zero-order chi connectivity index (χ0) is 21.8. The van der Waals surface area contributed by atoms with Crippen molar-refractivity contribution in [3.8, 4) is 5.75 Å². The molecular formula is C19H21F3N2O4S. The van der Waals surface area contributed by atoms with Crippen LogP contribution in [0.4, 0.5) is 18.9 Å². The number of hydrogen-bond donors (Lipinski definition) is 2. The van der Waals surface area contributed by atoms with E-state index in [0.717, 1.165) is 18.2 Å². The Balaban J connectivity index is 2.44. The van der Waals surface area contributed by atoms with Gasteiger partial charge in [-0.05, 0) is 51.1 Å². The summed E-state index contributed by atoms with van der Waals surface area (Å²) in [7, 11) is -4.01. The summed E-state index contributed by atoms with van der Waals surface area (Å²) >= 11 is 0. The molecule has 0 aliphatic rings. The summed E-state index contributed by atoms with van der Waals surface area (Å²) in [5.41, 5.74) is -1.56. The second kappa shape index (κ2) is 8.83. The number of nitrogens with one attached hydrogen (secondary N) is 2. The molecule has 2 aromatic carbocycles. The fourth-order valence-corrected chi connectivity index (χ4v) is 3.96. The molecular weight excluding hydrogens is 409 g/mol. The second-order valence-corrected chi connectivity index (χ2v) is 8.05. The summed E-state index contributed by atoms with van der Waals surface area (Å²) in [5, 5.41) is 2.19. The molecule has 0 atom stereocenters. The highest BCUT2D eigenvalue weighted by Crippen LogP contribution is 2.35. The van der Waals surface area contributed by atoms with E-state index in [-0.39, 0.29) is 22.8 Å². The van der Waals surface area contributed by atoms with Gasteiger partial charge in [-0.1, -0.05) is 12.1 Å². The molecule has 0 spiro atoms. The van der Waals surface area contributed by atoms with E-state index in [0.29, 0.717) is 0 Å². The van der Waals surface area contributed by atoms with E-state index < -0.39 is 39.4 Å². The zero-order valence-corrected chi connectivity index (χ0v) is 16.8. The molecule has 29 heavy (non-hydrogen) atoms. The molecule has 2 aromatic rings. The van der Waals surface area contributed by atoms with Crippen molar-refractivity contribution in [2.45, 2.75) is 37.9 Å². The average Bonchev–Trinajstić information content (AvgIpc) is 2.60. The van der Waals surface area contributed by atoms with Crippen molar-refractivity contribution in [2.75, 3.05) is 11.9 Å². The van der Waals surface area contributed by atoms with Gasteiger partial charge in [0.25, 0.3) is 5.91 Å². The summed E-state index contributed by atoms with van der Waals surface area (Å²) in [6.45, 7) is 5.11. The van der Waals surface area contributed by atoms with Crippen molar-refractivity contribution >= 4 is 21.6 Å². The summed E-state index contributed by atoms with van der Waals surface area (Å²) in [6.07, 6.45) is -4.65. The number of rotatable bonds is 7. The molecule has 0 radical (unpaired) electrons. The van der Waals surface area contributed by atoms with Crippen LogP contribution in [0.5, 0.6) is 5.75 Å². The van der Waals surface area contributed by atoms with Crippen molar-refractivity contribution in [1.29, 1.82) is 0 Å². The van der Waals surface area contributed by atoms with E-state index in [9.17, 15) is 26.4 Å². The second-order valence-electron chi connectivity index (χ2n) is 6.37. The lowest BCUT2D eigenvalue weighted by Gasteiger charge is -2.16. The first-order valence-electron chi connectivity index (χ1n) is 8.72. The maximum atomic E-state index is 13.1. The van der Waals surface area contributed by atoms with Gasteiger partial charge in [0.2, 0.25) is 10.0 Å². The van der Waals surface area contributed by atoms with Crippen molar-refractivity contribution in [1.82, 2.24) is 4.72 Å². The monoisotopic (exact) mass is 430 g/mol. The molecule has 0 saturated heterocycles. The lowest BCUT2D eigenvalue weighted by atomic mass is 10.1. The van der Waals surface area contributed by atoms with Crippen LogP contribution in [0, 0.1) is 0 Å². The molecule has 0 fully saturated rings. The van der Waals surface area contributed by atoms with Crippen LogP contribution >= 0.6 is 0 Å². The van der Waals surface area contributed by atoms with Crippen molar-refractivity contribution in [3.63, 3.8) is 0 Å². The molecule has 10 heteroatoms. The Hall–Kier alpha value is -2.59. The molecule has 0 saturated carbocycles. The molecule has 158 valence electrons. The summed E-state index contributed by atoms with van der Waals surface area (Å²) in [5.74, 6) is -0.848. The normalized spacial score (nSPS) is 12.1. The molecule has 2 rings (SSSR count). The number of carbonyl (C=O) groups excluding carboxylic acids is 1. The van der Waals surface area contributed by atoms with Crippen molar-refractivity contribution in [2.24, 2.45) is 0 Å². The fourth-order valence-electron chi connectivity index (χ4n) is 2.54. The number of ether oxygens (including phenoxy) is 1. The molecule has 0 heterocycles. The van der Waals surface area contributed by atoms with Crippen LogP contribution in [-0.2, 0) is 16.2 Å². The third-order valence-corrected chi connectivity index (χ3v) is 5.35. The van der Waals surface area contributed by atoms with Crippen LogP contribution in [0.1, 0.15) is 36.7 Å². The highest BCUT2D eigenvalue weighted by molar-refractivity contribution is 7.89. The number of hydrogen-bond acceptors (Lipinski definition) is 4. The van der Waals surface area contributed by atoms with Gasteiger partial charge in [-0.3, -0.25) is 4.79 Å². The summed E-state index contributed by atoms with van der Waals surface area (Å²) in [4.78, 5) is 12.3. The first kappa shape index (κ1) is 22.7. The fraction of sp³-hybridized carbons (Fsp3) is 0.316. The Morgan fingerprint density at radius 2 is 1.79 bits per heavy atom. The van der Waals surface area contributed by atoms with Crippen molar-refractivity contribution in [3.05, 3.63) is 53.6 Å². The van der Waals surface area contributed by atoms with Gasteiger partial charge < -0.3 is 10.1 Å². The third-order valence-electron chi connectivity index (χ3n) is 3.67. The SMILES string of the molecule is CCOc1ccc(C(=O)Nc2ccccc2C(F)(F)F)cc1S(=O)(=O)NC(C)C. The average molecular weight is 430 g/mol. The first-order chi connectivity index (χ1) is 13.5. The number of anilines is 1. The van der Waals surface area contributed by atoms with Gasteiger partial charge in [-0.15, -0.1) is 0 Å². The first-order valence-corrected chi connectivity index (χ1v) is 10.2. The van der Waals surface area contributed by atoms with Crippen LogP contribution in [0.3, 0.4) is 0 Å². The topological polar surface area (TPSA) is 84.5 Å². The molecule has 0 unspecified atom stereocenters. The number of amides is 1. The third kappa shape index (κ3) is 5.70. The molecule has 0 aliphatic carbocycles. The minimum absolute atomic E-state index is 0.0351. The molecule has 0 aromatic heterocycles. The number of sulfonamides is 1. The Labute approximate surface area is 167 Å². The Morgan fingerprint density at radius 1 is 1.14 bits per heavy atom. The Kier molecular flexibility index (Phi) is 6.91. The predicted octanol–water partition coefficient (Wildman–Crippen LogP) is 4.04. The van der Waals surface area contributed by atoms with Crippen LogP contribution < -0.4 is 14.8 Å². The van der Waals surface area contributed by atoms with Gasteiger partial charge in [0.15, 0.2) is 0 Å². The van der Waals surface area contributed by atoms with Crippen LogP contribution in [0.2, 0.25) is 0 Å². The Morgan fingerprint density at radius 3 is 2.38 bits per heavy atom. The molecule has 1 amide bonds. The van der Waals surface area contributed by atoms with Crippen molar-refractivity contribution < 1.29 is 31.1 Å². The molecule has 0 bridgehead atoms. The maximum absolute atomic E-state index is 13.1. The maximum Gasteiger partial charge on any atom is 0.418 e. The van der Waals surface area contributed by atoms with Gasteiger partial charge in [-0.2, -0.15) is 13.2 Å². The lowest BCUT2D eigenvalue weighted by molar-refractivity contribution is -0.136. The van der Waals surface area contributed by atoms with Gasteiger partial charge >= 0.3 is 6.18 Å². The van der Waals surface area contributed by atoms with E-state index in [1.807, 2.05) is 0 Å². The zero-order valence-electron chi connectivity index (χ0n) is 16.0. The van der Waals surface area contributed by atoms with Gasteiger partial charge in [0.05, 0.1) is 17.9 Å². The minimum Gasteiger partial charge on any atom is -0.492 e. The van der Waals surface area contributed by atoms with Crippen LogP contribution in [-0.4, -0.2) is 27.0 Å². The van der Waals surface area contributed by atoms with E-state index >= 15 is 0 Å². The summed E-state index contributed by atoms with van der Waals surface area (Å²) in [6, 6.07) is 7.76.